The lowest BCUT2D eigenvalue weighted by Crippen LogP contribution is -2.28. The molecule has 0 fully saturated rings. The summed E-state index contributed by atoms with van der Waals surface area (Å²) in [5.41, 5.74) is 0. The molecule has 1 atom stereocenters. The fourth-order valence-electron chi connectivity index (χ4n) is 8.08. The van der Waals surface area contributed by atoms with Crippen LogP contribution in [0.5, 0.6) is 0 Å². The van der Waals surface area contributed by atoms with E-state index in [1.807, 2.05) is 0 Å². The number of carbonyl (C=O) groups excluding carboxylic acids is 2. The quantitative estimate of drug-likeness (QED) is 0.0376. The van der Waals surface area contributed by atoms with E-state index in [0.29, 0.717) is 12.8 Å². The second-order valence-electron chi connectivity index (χ2n) is 18.0. The zero-order valence-corrected chi connectivity index (χ0v) is 39.3. The molecule has 0 aliphatic rings. The fraction of sp³-hybridized carbons (Fsp3) is 0.925. The number of carbonyl (C=O) groups is 2. The van der Waals surface area contributed by atoms with Crippen molar-refractivity contribution in [3.8, 4) is 0 Å². The molecule has 344 valence electrons. The highest BCUT2D eigenvalue weighted by Gasteiger charge is 2.16. The Hall–Kier alpha value is -1.36. The van der Waals surface area contributed by atoms with Gasteiger partial charge in [0.05, 0.1) is 6.61 Å². The SMILES string of the molecule is CCCCCCCCC/C=C\CCCCCCCCCC(=O)OC(CO)COC(=O)CCCCCCCCCCCCCCCCCCCCCCCCCCCC. The van der Waals surface area contributed by atoms with Gasteiger partial charge in [-0.2, -0.15) is 0 Å². The monoisotopic (exact) mass is 819 g/mol. The summed E-state index contributed by atoms with van der Waals surface area (Å²) in [5, 5.41) is 9.62. The van der Waals surface area contributed by atoms with Crippen molar-refractivity contribution in [1.29, 1.82) is 0 Å². The smallest absolute Gasteiger partial charge is 0.306 e. The third-order valence-corrected chi connectivity index (χ3v) is 12.1. The molecule has 0 aromatic rings. The number of ether oxygens (including phenoxy) is 2. The van der Waals surface area contributed by atoms with E-state index < -0.39 is 6.10 Å². The molecule has 0 aliphatic heterocycles. The molecule has 5 nitrogen and oxygen atoms in total. The topological polar surface area (TPSA) is 72.8 Å². The van der Waals surface area contributed by atoms with Gasteiger partial charge in [0.1, 0.15) is 6.61 Å². The van der Waals surface area contributed by atoms with E-state index in [-0.39, 0.29) is 25.2 Å². The van der Waals surface area contributed by atoms with Crippen LogP contribution in [0.3, 0.4) is 0 Å². The van der Waals surface area contributed by atoms with E-state index in [9.17, 15) is 14.7 Å². The molecule has 0 spiro atoms. The summed E-state index contributed by atoms with van der Waals surface area (Å²) in [5.74, 6) is -0.577. The van der Waals surface area contributed by atoms with E-state index in [4.69, 9.17) is 9.47 Å². The summed E-state index contributed by atoms with van der Waals surface area (Å²) in [6.07, 6.45) is 60.3. The van der Waals surface area contributed by atoms with Crippen LogP contribution in [0.25, 0.3) is 0 Å². The number of rotatable bonds is 49. The van der Waals surface area contributed by atoms with Crippen LogP contribution in [0.15, 0.2) is 12.2 Å². The average molecular weight is 819 g/mol. The van der Waals surface area contributed by atoms with Crippen molar-refractivity contribution in [1.82, 2.24) is 0 Å². The van der Waals surface area contributed by atoms with Crippen molar-refractivity contribution < 1.29 is 24.2 Å². The van der Waals surface area contributed by atoms with Gasteiger partial charge in [0.25, 0.3) is 0 Å². The molecule has 0 heterocycles. The molecule has 0 aromatic carbocycles. The fourth-order valence-corrected chi connectivity index (χ4v) is 8.08. The molecule has 0 aromatic heterocycles. The largest absolute Gasteiger partial charge is 0.462 e. The Morgan fingerprint density at radius 2 is 0.638 bits per heavy atom. The van der Waals surface area contributed by atoms with E-state index >= 15 is 0 Å². The van der Waals surface area contributed by atoms with Gasteiger partial charge in [-0.25, -0.2) is 0 Å². The highest BCUT2D eigenvalue weighted by Crippen LogP contribution is 2.17. The van der Waals surface area contributed by atoms with Gasteiger partial charge in [0, 0.05) is 12.8 Å². The number of hydrogen-bond acceptors (Lipinski definition) is 5. The van der Waals surface area contributed by atoms with Crippen molar-refractivity contribution in [2.75, 3.05) is 13.2 Å². The van der Waals surface area contributed by atoms with Crippen molar-refractivity contribution in [3.05, 3.63) is 12.2 Å². The van der Waals surface area contributed by atoms with Crippen molar-refractivity contribution in [2.24, 2.45) is 0 Å². The summed E-state index contributed by atoms with van der Waals surface area (Å²) in [7, 11) is 0. The number of aliphatic hydroxyl groups excluding tert-OH is 1. The standard InChI is InChI=1S/C53H102O5/c1-3-5-7-9-11-13-15-17-19-21-23-24-25-26-27-28-29-30-32-33-35-37-39-41-43-45-47-52(55)57-50-51(49-54)58-53(56)48-46-44-42-40-38-36-34-31-22-20-18-16-14-12-10-8-6-4-2/h20,22,51,54H,3-19,21,23-50H2,1-2H3/b22-20-. The van der Waals surface area contributed by atoms with E-state index in [0.717, 1.165) is 32.1 Å². The molecule has 1 unspecified atom stereocenters. The first-order valence-electron chi connectivity index (χ1n) is 26.2. The zero-order chi connectivity index (χ0) is 42.1. The summed E-state index contributed by atoms with van der Waals surface area (Å²) in [6, 6.07) is 0. The highest BCUT2D eigenvalue weighted by atomic mass is 16.6. The third-order valence-electron chi connectivity index (χ3n) is 12.1. The molecular formula is C53H102O5. The Labute approximate surface area is 362 Å². The molecule has 0 aliphatic carbocycles. The second kappa shape index (κ2) is 50.0. The van der Waals surface area contributed by atoms with Crippen LogP contribution in [-0.4, -0.2) is 36.4 Å². The number of allylic oxidation sites excluding steroid dienone is 2. The van der Waals surface area contributed by atoms with Crippen molar-refractivity contribution in [2.45, 2.75) is 302 Å². The van der Waals surface area contributed by atoms with Crippen LogP contribution < -0.4 is 0 Å². The number of unbranched alkanes of at least 4 members (excludes halogenated alkanes) is 39. The Balaban J connectivity index is 3.42. The molecule has 0 amide bonds. The Morgan fingerprint density at radius 1 is 0.379 bits per heavy atom. The Kier molecular flexibility index (Phi) is 48.8. The van der Waals surface area contributed by atoms with Gasteiger partial charge < -0.3 is 14.6 Å². The first-order chi connectivity index (χ1) is 28.6. The summed E-state index contributed by atoms with van der Waals surface area (Å²) >= 11 is 0. The zero-order valence-electron chi connectivity index (χ0n) is 39.3. The first kappa shape index (κ1) is 56.6. The van der Waals surface area contributed by atoms with Crippen molar-refractivity contribution in [3.63, 3.8) is 0 Å². The van der Waals surface area contributed by atoms with Gasteiger partial charge in [-0.05, 0) is 38.5 Å². The van der Waals surface area contributed by atoms with E-state index in [2.05, 4.69) is 26.0 Å². The molecule has 58 heavy (non-hydrogen) atoms. The van der Waals surface area contributed by atoms with Crippen LogP contribution in [0.4, 0.5) is 0 Å². The summed E-state index contributed by atoms with van der Waals surface area (Å²) in [4.78, 5) is 24.4. The predicted octanol–water partition coefficient (Wildman–Crippen LogP) is 17.2. The number of hydrogen-bond donors (Lipinski definition) is 1. The van der Waals surface area contributed by atoms with Crippen LogP contribution in [-0.2, 0) is 19.1 Å². The van der Waals surface area contributed by atoms with Gasteiger partial charge in [-0.15, -0.1) is 0 Å². The molecule has 0 rings (SSSR count). The molecule has 1 N–H and O–H groups in total. The summed E-state index contributed by atoms with van der Waals surface area (Å²) in [6.45, 7) is 4.18. The molecule has 0 saturated carbocycles. The van der Waals surface area contributed by atoms with Crippen LogP contribution in [0, 0.1) is 0 Å². The third kappa shape index (κ3) is 47.3. The second-order valence-corrected chi connectivity index (χ2v) is 18.0. The van der Waals surface area contributed by atoms with Gasteiger partial charge in [-0.1, -0.05) is 257 Å². The van der Waals surface area contributed by atoms with Crippen LogP contribution in [0.2, 0.25) is 0 Å². The van der Waals surface area contributed by atoms with Gasteiger partial charge in [0.2, 0.25) is 0 Å². The normalized spacial score (nSPS) is 12.1. The van der Waals surface area contributed by atoms with E-state index in [1.54, 1.807) is 0 Å². The first-order valence-corrected chi connectivity index (χ1v) is 26.2. The minimum atomic E-state index is -0.769. The number of esters is 2. The van der Waals surface area contributed by atoms with Crippen molar-refractivity contribution >= 4 is 11.9 Å². The van der Waals surface area contributed by atoms with Crippen LogP contribution >= 0.6 is 0 Å². The number of aliphatic hydroxyl groups is 1. The Morgan fingerprint density at radius 3 is 0.931 bits per heavy atom. The molecule has 0 bridgehead atoms. The Bertz CT molecular complexity index is 840. The molecule has 0 saturated heterocycles. The molecular weight excluding hydrogens is 717 g/mol. The maximum absolute atomic E-state index is 12.2. The maximum atomic E-state index is 12.2. The predicted molar refractivity (Wildman–Crippen MR) is 252 cm³/mol. The van der Waals surface area contributed by atoms with E-state index in [1.165, 1.54) is 238 Å². The maximum Gasteiger partial charge on any atom is 0.306 e. The highest BCUT2D eigenvalue weighted by molar-refractivity contribution is 5.70. The lowest BCUT2D eigenvalue weighted by molar-refractivity contribution is -0.161. The molecule has 5 heteroatoms. The average Bonchev–Trinajstić information content (AvgIpc) is 3.23. The minimum absolute atomic E-state index is 0.0607. The van der Waals surface area contributed by atoms with Gasteiger partial charge in [0.15, 0.2) is 6.10 Å². The van der Waals surface area contributed by atoms with Crippen LogP contribution in [0.1, 0.15) is 296 Å². The van der Waals surface area contributed by atoms with Gasteiger partial charge >= 0.3 is 11.9 Å². The van der Waals surface area contributed by atoms with Gasteiger partial charge in [-0.3, -0.25) is 9.59 Å². The summed E-state index contributed by atoms with van der Waals surface area (Å²) < 4.78 is 10.7. The minimum Gasteiger partial charge on any atom is -0.462 e. The molecule has 0 radical (unpaired) electrons. The lowest BCUT2D eigenvalue weighted by atomic mass is 10.0. The lowest BCUT2D eigenvalue weighted by Gasteiger charge is -2.15.